The van der Waals surface area contributed by atoms with E-state index in [2.05, 4.69) is 16.9 Å². The first-order valence-corrected chi connectivity index (χ1v) is 9.22. The second-order valence-corrected chi connectivity index (χ2v) is 7.09. The van der Waals surface area contributed by atoms with Crippen LogP contribution in [-0.2, 0) is 4.74 Å². The molecule has 0 fully saturated rings. The lowest BCUT2D eigenvalue weighted by Crippen LogP contribution is -2.27. The lowest BCUT2D eigenvalue weighted by molar-refractivity contribution is 0.0636. The summed E-state index contributed by atoms with van der Waals surface area (Å²) in [4.78, 5) is 11.7. The van der Waals surface area contributed by atoms with Gasteiger partial charge in [-0.05, 0) is 57.9 Å². The van der Waals surface area contributed by atoms with E-state index in [0.29, 0.717) is 12.3 Å². The molecule has 2 N–H and O–H groups in total. The van der Waals surface area contributed by atoms with E-state index in [1.165, 1.54) is 5.75 Å². The van der Waals surface area contributed by atoms with Crippen molar-refractivity contribution in [3.63, 3.8) is 0 Å². The monoisotopic (exact) mass is 340 g/mol. The molecule has 0 saturated carbocycles. The molecule has 1 amide bonds. The van der Waals surface area contributed by atoms with Gasteiger partial charge < -0.3 is 14.8 Å². The van der Waals surface area contributed by atoms with Gasteiger partial charge in [0.25, 0.3) is 0 Å². The fourth-order valence-corrected chi connectivity index (χ4v) is 2.23. The van der Waals surface area contributed by atoms with Crippen molar-refractivity contribution >= 4 is 23.5 Å². The maximum atomic E-state index is 11.7. The van der Waals surface area contributed by atoms with Crippen molar-refractivity contribution in [2.75, 3.05) is 37.0 Å². The molecule has 1 aromatic rings. The Morgan fingerprint density at radius 2 is 2.04 bits per heavy atom. The van der Waals surface area contributed by atoms with Crippen LogP contribution in [-0.4, -0.2) is 43.4 Å². The Labute approximate surface area is 143 Å². The van der Waals surface area contributed by atoms with Crippen LogP contribution in [0.5, 0.6) is 5.75 Å². The number of anilines is 1. The molecule has 0 aliphatic carbocycles. The van der Waals surface area contributed by atoms with Crippen LogP contribution >= 0.6 is 11.8 Å². The van der Waals surface area contributed by atoms with Crippen LogP contribution in [0.15, 0.2) is 24.3 Å². The average molecular weight is 340 g/mol. The molecule has 130 valence electrons. The molecular weight excluding hydrogens is 312 g/mol. The first-order valence-electron chi connectivity index (χ1n) is 7.83. The minimum absolute atomic E-state index is 0.467. The maximum absolute atomic E-state index is 11.7. The summed E-state index contributed by atoms with van der Waals surface area (Å²) in [6, 6.07) is 7.30. The van der Waals surface area contributed by atoms with Crippen molar-refractivity contribution < 1.29 is 14.3 Å². The topological polar surface area (TPSA) is 59.6 Å². The zero-order valence-electron chi connectivity index (χ0n) is 14.5. The highest BCUT2D eigenvalue weighted by Gasteiger charge is 2.16. The van der Waals surface area contributed by atoms with Crippen LogP contribution in [0.1, 0.15) is 27.2 Å². The number of ether oxygens (including phenoxy) is 2. The van der Waals surface area contributed by atoms with Gasteiger partial charge in [-0.2, -0.15) is 11.8 Å². The predicted octanol–water partition coefficient (Wildman–Crippen LogP) is 3.76. The standard InChI is InChI=1S/C17H28N2O3S/c1-17(2,3)22-16(20)19-14-7-5-8-15(13-14)21-11-10-18-9-6-12-23-4/h5,7-8,13,18H,6,9-12H2,1-4H3,(H,19,20). The van der Waals surface area contributed by atoms with E-state index < -0.39 is 11.7 Å². The molecule has 0 aliphatic rings. The number of benzene rings is 1. The number of hydrogen-bond acceptors (Lipinski definition) is 5. The van der Waals surface area contributed by atoms with E-state index in [9.17, 15) is 4.79 Å². The Morgan fingerprint density at radius 3 is 2.74 bits per heavy atom. The van der Waals surface area contributed by atoms with Crippen molar-refractivity contribution in [2.24, 2.45) is 0 Å². The number of carbonyl (C=O) groups excluding carboxylic acids is 1. The molecule has 1 rings (SSSR count). The van der Waals surface area contributed by atoms with Gasteiger partial charge in [0.2, 0.25) is 0 Å². The number of rotatable bonds is 9. The van der Waals surface area contributed by atoms with Crippen molar-refractivity contribution in [2.45, 2.75) is 32.8 Å². The summed E-state index contributed by atoms with van der Waals surface area (Å²) < 4.78 is 10.9. The van der Waals surface area contributed by atoms with Gasteiger partial charge in [-0.1, -0.05) is 6.07 Å². The SMILES string of the molecule is CSCCCNCCOc1cccc(NC(=O)OC(C)(C)C)c1. The fraction of sp³-hybridized carbons (Fsp3) is 0.588. The summed E-state index contributed by atoms with van der Waals surface area (Å²) in [6.45, 7) is 7.90. The number of carbonyl (C=O) groups is 1. The average Bonchev–Trinajstić information content (AvgIpc) is 2.44. The number of hydrogen-bond donors (Lipinski definition) is 2. The minimum atomic E-state index is -0.514. The van der Waals surface area contributed by atoms with Gasteiger partial charge in [0.15, 0.2) is 0 Å². The second kappa shape index (κ2) is 10.4. The Morgan fingerprint density at radius 1 is 1.26 bits per heavy atom. The Bertz CT molecular complexity index is 475. The third kappa shape index (κ3) is 10.1. The summed E-state index contributed by atoms with van der Waals surface area (Å²) in [6.07, 6.45) is 2.81. The molecule has 0 unspecified atom stereocenters. The highest BCUT2D eigenvalue weighted by Crippen LogP contribution is 2.18. The van der Waals surface area contributed by atoms with Gasteiger partial charge in [-0.3, -0.25) is 5.32 Å². The van der Waals surface area contributed by atoms with Crippen molar-refractivity contribution in [3.05, 3.63) is 24.3 Å². The van der Waals surface area contributed by atoms with Crippen LogP contribution in [0.3, 0.4) is 0 Å². The van der Waals surface area contributed by atoms with E-state index in [0.717, 1.165) is 25.3 Å². The normalized spacial score (nSPS) is 11.1. The molecule has 23 heavy (non-hydrogen) atoms. The van der Waals surface area contributed by atoms with E-state index >= 15 is 0 Å². The maximum Gasteiger partial charge on any atom is 0.412 e. The smallest absolute Gasteiger partial charge is 0.412 e. The molecule has 6 heteroatoms. The van der Waals surface area contributed by atoms with Gasteiger partial charge in [-0.15, -0.1) is 0 Å². The molecule has 0 aromatic heterocycles. The van der Waals surface area contributed by atoms with Crippen LogP contribution < -0.4 is 15.4 Å². The quantitative estimate of drug-likeness (QED) is 0.670. The molecular formula is C17H28N2O3S. The van der Waals surface area contributed by atoms with Gasteiger partial charge in [-0.25, -0.2) is 4.79 Å². The molecule has 0 heterocycles. The summed E-state index contributed by atoms with van der Waals surface area (Å²) >= 11 is 1.86. The van der Waals surface area contributed by atoms with E-state index in [1.807, 2.05) is 44.7 Å². The van der Waals surface area contributed by atoms with Gasteiger partial charge in [0.05, 0.1) is 0 Å². The fourth-order valence-electron chi connectivity index (χ4n) is 1.79. The van der Waals surface area contributed by atoms with Gasteiger partial charge in [0.1, 0.15) is 18.0 Å². The summed E-state index contributed by atoms with van der Waals surface area (Å²) in [5.74, 6) is 1.90. The second-order valence-electron chi connectivity index (χ2n) is 6.10. The highest BCUT2D eigenvalue weighted by molar-refractivity contribution is 7.98. The third-order valence-corrected chi connectivity index (χ3v) is 3.43. The largest absolute Gasteiger partial charge is 0.492 e. The number of amides is 1. The third-order valence-electron chi connectivity index (χ3n) is 2.73. The molecule has 0 spiro atoms. The first-order chi connectivity index (χ1) is 10.9. The van der Waals surface area contributed by atoms with Crippen LogP contribution in [0.2, 0.25) is 0 Å². The number of nitrogens with one attached hydrogen (secondary N) is 2. The van der Waals surface area contributed by atoms with E-state index in [1.54, 1.807) is 12.1 Å². The Balaban J connectivity index is 2.31. The van der Waals surface area contributed by atoms with Gasteiger partial charge >= 0.3 is 6.09 Å². The predicted molar refractivity (Wildman–Crippen MR) is 97.7 cm³/mol. The van der Waals surface area contributed by atoms with E-state index in [-0.39, 0.29) is 0 Å². The summed E-state index contributed by atoms with van der Waals surface area (Å²) in [5.41, 5.74) is 0.143. The minimum Gasteiger partial charge on any atom is -0.492 e. The van der Waals surface area contributed by atoms with Gasteiger partial charge in [0, 0.05) is 18.3 Å². The van der Waals surface area contributed by atoms with E-state index in [4.69, 9.17) is 9.47 Å². The molecule has 0 atom stereocenters. The molecule has 0 radical (unpaired) electrons. The van der Waals surface area contributed by atoms with Crippen LogP contribution in [0.4, 0.5) is 10.5 Å². The Hall–Kier alpha value is -1.40. The molecule has 5 nitrogen and oxygen atoms in total. The highest BCUT2D eigenvalue weighted by atomic mass is 32.2. The van der Waals surface area contributed by atoms with Crippen molar-refractivity contribution in [1.29, 1.82) is 0 Å². The lowest BCUT2D eigenvalue weighted by Gasteiger charge is -2.19. The number of thioether (sulfide) groups is 1. The van der Waals surface area contributed by atoms with Crippen LogP contribution in [0, 0.1) is 0 Å². The molecule has 1 aromatic carbocycles. The lowest BCUT2D eigenvalue weighted by atomic mass is 10.2. The molecule has 0 saturated heterocycles. The van der Waals surface area contributed by atoms with Crippen molar-refractivity contribution in [1.82, 2.24) is 5.32 Å². The summed E-state index contributed by atoms with van der Waals surface area (Å²) in [5, 5.41) is 6.04. The van der Waals surface area contributed by atoms with Crippen LogP contribution in [0.25, 0.3) is 0 Å². The first kappa shape index (κ1) is 19.6. The zero-order valence-corrected chi connectivity index (χ0v) is 15.3. The van der Waals surface area contributed by atoms with Crippen molar-refractivity contribution in [3.8, 4) is 5.75 Å². The molecule has 0 bridgehead atoms. The Kier molecular flexibility index (Phi) is 8.87. The molecule has 0 aliphatic heterocycles. The summed E-state index contributed by atoms with van der Waals surface area (Å²) in [7, 11) is 0. The zero-order chi connectivity index (χ0) is 17.1.